The van der Waals surface area contributed by atoms with E-state index < -0.39 is 0 Å². The van der Waals surface area contributed by atoms with E-state index in [1.54, 1.807) is 0 Å². The fourth-order valence-corrected chi connectivity index (χ4v) is 8.89. The fourth-order valence-electron chi connectivity index (χ4n) is 8.89. The number of benzene rings is 8. The molecule has 1 nitrogen and oxygen atoms in total. The zero-order valence-corrected chi connectivity index (χ0v) is 32.3. The third kappa shape index (κ3) is 6.85. The lowest BCUT2D eigenvalue weighted by atomic mass is 9.80. The number of hydrogen-bond donors (Lipinski definition) is 0. The molecule has 8 aromatic carbocycles. The summed E-state index contributed by atoms with van der Waals surface area (Å²) < 4.78 is 0. The highest BCUT2D eigenvalue weighted by Crippen LogP contribution is 2.48. The second kappa shape index (κ2) is 14.7. The Morgan fingerprint density at radius 3 is 1.73 bits per heavy atom. The number of nitrogens with zero attached hydrogens (tertiary/aromatic N) is 1. The Hall–Kier alpha value is -5.92. The van der Waals surface area contributed by atoms with Gasteiger partial charge in [-0.05, 0) is 109 Å². The van der Waals surface area contributed by atoms with Crippen LogP contribution in [-0.4, -0.2) is 0 Å². The molecular formula is C54H49N. The highest BCUT2D eigenvalue weighted by Gasteiger charge is 2.24. The van der Waals surface area contributed by atoms with Crippen LogP contribution >= 0.6 is 0 Å². The van der Waals surface area contributed by atoms with E-state index in [4.69, 9.17) is 0 Å². The van der Waals surface area contributed by atoms with Crippen LogP contribution < -0.4 is 4.90 Å². The van der Waals surface area contributed by atoms with Gasteiger partial charge < -0.3 is 4.90 Å². The molecule has 0 radical (unpaired) electrons. The van der Waals surface area contributed by atoms with E-state index in [1.165, 1.54) is 104 Å². The minimum Gasteiger partial charge on any atom is -0.309 e. The Morgan fingerprint density at radius 2 is 1.00 bits per heavy atom. The maximum Gasteiger partial charge on any atom is 0.0540 e. The molecule has 9 rings (SSSR count). The summed E-state index contributed by atoms with van der Waals surface area (Å²) >= 11 is 0. The quantitative estimate of drug-likeness (QED) is 0.159. The number of fused-ring (bicyclic) bond motifs is 2. The summed E-state index contributed by atoms with van der Waals surface area (Å²) in [5.74, 6) is 0.598. The molecule has 0 saturated heterocycles. The zero-order chi connectivity index (χ0) is 37.4. The Labute approximate surface area is 326 Å². The molecule has 1 saturated carbocycles. The molecule has 1 aliphatic rings. The minimum atomic E-state index is 0.0880. The summed E-state index contributed by atoms with van der Waals surface area (Å²) in [5.41, 5.74) is 13.8. The average molecular weight is 712 g/mol. The van der Waals surface area contributed by atoms with Crippen molar-refractivity contribution >= 4 is 38.6 Å². The molecule has 1 heteroatoms. The molecule has 1 aliphatic carbocycles. The van der Waals surface area contributed by atoms with Crippen LogP contribution in [0.15, 0.2) is 176 Å². The topological polar surface area (TPSA) is 3.24 Å². The van der Waals surface area contributed by atoms with Crippen molar-refractivity contribution in [2.45, 2.75) is 64.2 Å². The summed E-state index contributed by atoms with van der Waals surface area (Å²) in [5, 5.41) is 5.25. The Balaban J connectivity index is 1.23. The predicted molar refractivity (Wildman–Crippen MR) is 237 cm³/mol. The van der Waals surface area contributed by atoms with E-state index in [2.05, 4.69) is 202 Å². The van der Waals surface area contributed by atoms with E-state index in [1.807, 2.05) is 0 Å². The molecule has 270 valence electrons. The third-order valence-electron chi connectivity index (χ3n) is 11.8. The van der Waals surface area contributed by atoms with Crippen molar-refractivity contribution in [3.63, 3.8) is 0 Å². The molecule has 0 N–H and O–H groups in total. The van der Waals surface area contributed by atoms with Gasteiger partial charge in [-0.25, -0.2) is 0 Å². The predicted octanol–water partition coefficient (Wildman–Crippen LogP) is 15.8. The van der Waals surface area contributed by atoms with E-state index in [-0.39, 0.29) is 5.41 Å². The van der Waals surface area contributed by atoms with E-state index in [0.29, 0.717) is 5.92 Å². The van der Waals surface area contributed by atoms with Crippen LogP contribution in [0.5, 0.6) is 0 Å². The first-order valence-electron chi connectivity index (χ1n) is 20.1. The molecule has 0 atom stereocenters. The molecule has 0 aliphatic heterocycles. The van der Waals surface area contributed by atoms with Crippen LogP contribution in [0, 0.1) is 0 Å². The second-order valence-electron chi connectivity index (χ2n) is 16.4. The summed E-state index contributed by atoms with van der Waals surface area (Å²) in [6.07, 6.45) is 6.52. The molecule has 0 spiro atoms. The summed E-state index contributed by atoms with van der Waals surface area (Å²) in [6.45, 7) is 6.84. The van der Waals surface area contributed by atoms with Crippen LogP contribution in [0.3, 0.4) is 0 Å². The Bertz CT molecular complexity index is 2590. The van der Waals surface area contributed by atoms with Crippen molar-refractivity contribution in [1.82, 2.24) is 0 Å². The lowest BCUT2D eigenvalue weighted by Gasteiger charge is -2.31. The summed E-state index contributed by atoms with van der Waals surface area (Å²) in [6, 6.07) is 65.6. The van der Waals surface area contributed by atoms with Crippen molar-refractivity contribution in [3.8, 4) is 33.4 Å². The number of hydrogen-bond acceptors (Lipinski definition) is 1. The van der Waals surface area contributed by atoms with Crippen molar-refractivity contribution in [3.05, 3.63) is 187 Å². The molecule has 1 fully saturated rings. The Morgan fingerprint density at radius 1 is 0.436 bits per heavy atom. The van der Waals surface area contributed by atoms with Crippen LogP contribution in [-0.2, 0) is 5.41 Å². The first kappa shape index (κ1) is 34.8. The molecule has 0 amide bonds. The maximum atomic E-state index is 2.49. The van der Waals surface area contributed by atoms with Gasteiger partial charge in [-0.3, -0.25) is 0 Å². The van der Waals surface area contributed by atoms with Gasteiger partial charge in [0.05, 0.1) is 11.4 Å². The standard InChI is InChI=1S/C54H49N/c1-54(2,3)45-33-29-41(30-34-45)47-21-9-11-25-51(47)55(46-35-31-39(32-36-46)44-28-27-38-15-7-8-18-43(38)37-44)52-26-12-10-22-49(52)50-24-14-20-42-19-13-23-48(53(42)50)40-16-5-4-6-17-40/h7-15,18-37,40H,4-6,16-17H2,1-3H3. The monoisotopic (exact) mass is 711 g/mol. The lowest BCUT2D eigenvalue weighted by Crippen LogP contribution is -2.13. The first-order valence-corrected chi connectivity index (χ1v) is 20.1. The van der Waals surface area contributed by atoms with Gasteiger partial charge in [0, 0.05) is 16.8 Å². The number of para-hydroxylation sites is 2. The Kier molecular flexibility index (Phi) is 9.32. The molecule has 8 aromatic rings. The summed E-state index contributed by atoms with van der Waals surface area (Å²) in [4.78, 5) is 2.49. The molecular weight excluding hydrogens is 663 g/mol. The highest BCUT2D eigenvalue weighted by molar-refractivity contribution is 6.04. The molecule has 0 unspecified atom stereocenters. The third-order valence-corrected chi connectivity index (χ3v) is 11.8. The van der Waals surface area contributed by atoms with E-state index in [9.17, 15) is 0 Å². The van der Waals surface area contributed by atoms with Crippen LogP contribution in [0.1, 0.15) is 69.9 Å². The molecule has 55 heavy (non-hydrogen) atoms. The smallest absolute Gasteiger partial charge is 0.0540 e. The molecule has 0 aromatic heterocycles. The zero-order valence-electron chi connectivity index (χ0n) is 32.3. The van der Waals surface area contributed by atoms with Gasteiger partial charge in [-0.15, -0.1) is 0 Å². The van der Waals surface area contributed by atoms with E-state index in [0.717, 1.165) is 11.4 Å². The van der Waals surface area contributed by atoms with Gasteiger partial charge in [0.25, 0.3) is 0 Å². The van der Waals surface area contributed by atoms with Crippen LogP contribution in [0.25, 0.3) is 54.9 Å². The van der Waals surface area contributed by atoms with Crippen molar-refractivity contribution < 1.29 is 0 Å². The second-order valence-corrected chi connectivity index (χ2v) is 16.4. The largest absolute Gasteiger partial charge is 0.309 e. The van der Waals surface area contributed by atoms with Crippen molar-refractivity contribution in [2.75, 3.05) is 4.90 Å². The van der Waals surface area contributed by atoms with Gasteiger partial charge in [-0.1, -0.05) is 186 Å². The maximum absolute atomic E-state index is 2.49. The van der Waals surface area contributed by atoms with Gasteiger partial charge in [-0.2, -0.15) is 0 Å². The number of rotatable bonds is 7. The average Bonchev–Trinajstić information content (AvgIpc) is 3.24. The van der Waals surface area contributed by atoms with Crippen molar-refractivity contribution in [1.29, 1.82) is 0 Å². The van der Waals surface area contributed by atoms with Gasteiger partial charge in [0.15, 0.2) is 0 Å². The summed E-state index contributed by atoms with van der Waals surface area (Å²) in [7, 11) is 0. The van der Waals surface area contributed by atoms with Gasteiger partial charge >= 0.3 is 0 Å². The molecule has 0 heterocycles. The van der Waals surface area contributed by atoms with Gasteiger partial charge in [0.1, 0.15) is 0 Å². The van der Waals surface area contributed by atoms with Crippen molar-refractivity contribution in [2.24, 2.45) is 0 Å². The molecule has 0 bridgehead atoms. The number of anilines is 3. The van der Waals surface area contributed by atoms with E-state index >= 15 is 0 Å². The lowest BCUT2D eigenvalue weighted by molar-refractivity contribution is 0.445. The normalized spacial score (nSPS) is 13.7. The van der Waals surface area contributed by atoms with Crippen LogP contribution in [0.2, 0.25) is 0 Å². The van der Waals surface area contributed by atoms with Gasteiger partial charge in [0.2, 0.25) is 0 Å². The SMILES string of the molecule is CC(C)(C)c1ccc(-c2ccccc2N(c2ccc(-c3ccc4ccccc4c3)cc2)c2ccccc2-c2cccc3cccc(C4CCCCC4)c23)cc1. The van der Waals surface area contributed by atoms with Crippen LogP contribution in [0.4, 0.5) is 17.1 Å². The minimum absolute atomic E-state index is 0.0880. The highest BCUT2D eigenvalue weighted by atomic mass is 15.1. The fraction of sp³-hybridized carbons (Fsp3) is 0.185. The first-order chi connectivity index (χ1) is 26.9.